The zero-order valence-electron chi connectivity index (χ0n) is 23.0. The molecular weight excluding hydrogens is 585 g/mol. The number of ether oxygens (including phenoxy) is 2. The van der Waals surface area contributed by atoms with Gasteiger partial charge in [-0.25, -0.2) is 18.4 Å². The highest BCUT2D eigenvalue weighted by Crippen LogP contribution is 2.32. The topological polar surface area (TPSA) is 79.3 Å². The van der Waals surface area contributed by atoms with Gasteiger partial charge in [-0.2, -0.15) is 0 Å². The number of halogens is 3. The Hall–Kier alpha value is -0.910. The summed E-state index contributed by atoms with van der Waals surface area (Å²) in [6, 6.07) is 0. The first-order chi connectivity index (χ1) is 16.5. The van der Waals surface area contributed by atoms with Crippen LogP contribution in [0.1, 0.15) is 92.9 Å². The molecule has 0 aromatic heterocycles. The zero-order valence-corrected chi connectivity index (χ0v) is 25.2. The Morgan fingerprint density at radius 3 is 1.53 bits per heavy atom. The van der Waals surface area contributed by atoms with Gasteiger partial charge in [0, 0.05) is 32.5 Å². The smallest absolute Gasteiger partial charge is 0.410 e. The summed E-state index contributed by atoms with van der Waals surface area (Å²) < 4.78 is 40.3. The Bertz CT molecular complexity index is 643. The molecule has 0 aliphatic carbocycles. The maximum Gasteiger partial charge on any atom is 0.410 e. The molecular formula is C26H47F2IN2O5. The van der Waals surface area contributed by atoms with Crippen LogP contribution in [-0.2, 0) is 9.47 Å². The molecule has 7 nitrogen and oxygen atoms in total. The van der Waals surface area contributed by atoms with Crippen LogP contribution in [0.25, 0.3) is 0 Å². The van der Waals surface area contributed by atoms with Crippen molar-refractivity contribution in [3.05, 3.63) is 0 Å². The van der Waals surface area contributed by atoms with Crippen LogP contribution in [0.15, 0.2) is 0 Å². The minimum Gasteiger partial charge on any atom is -0.444 e. The third kappa shape index (κ3) is 13.1. The Balaban J connectivity index is 0.000000360. The van der Waals surface area contributed by atoms with Crippen LogP contribution in [0.5, 0.6) is 0 Å². The number of carbonyl (C=O) groups is 2. The van der Waals surface area contributed by atoms with Gasteiger partial charge in [0.1, 0.15) is 22.5 Å². The molecule has 2 aliphatic rings. The average Bonchev–Trinajstić information content (AvgIpc) is 3.31. The molecule has 212 valence electrons. The van der Waals surface area contributed by atoms with Crippen LogP contribution in [0.2, 0.25) is 0 Å². The summed E-state index contributed by atoms with van der Waals surface area (Å²) in [4.78, 5) is 26.5. The second-order valence-electron chi connectivity index (χ2n) is 11.9. The van der Waals surface area contributed by atoms with E-state index in [1.807, 2.05) is 20.8 Å². The van der Waals surface area contributed by atoms with Gasteiger partial charge in [-0.15, -0.1) is 0 Å². The third-order valence-electron chi connectivity index (χ3n) is 5.95. The maximum absolute atomic E-state index is 14.4. The number of aliphatic hydroxyl groups is 1. The van der Waals surface area contributed by atoms with Gasteiger partial charge in [-0.3, -0.25) is 0 Å². The molecule has 2 atom stereocenters. The summed E-state index contributed by atoms with van der Waals surface area (Å²) in [6.45, 7) is 12.1. The van der Waals surface area contributed by atoms with E-state index in [-0.39, 0.29) is 19.7 Å². The van der Waals surface area contributed by atoms with E-state index in [1.165, 1.54) is 9.80 Å². The number of rotatable bonds is 8. The summed E-state index contributed by atoms with van der Waals surface area (Å²) in [6.07, 6.45) is 4.10. The SMILES string of the molecule is CC(C)(C)OC(=O)N1CCC(F)(CCCCI)C1.CC(C)(C)OC(=O)N1CCC(F)(CCCCO)C1. The Labute approximate surface area is 229 Å². The van der Waals surface area contributed by atoms with Crippen LogP contribution >= 0.6 is 22.6 Å². The lowest BCUT2D eigenvalue weighted by Crippen LogP contribution is -2.37. The van der Waals surface area contributed by atoms with Gasteiger partial charge >= 0.3 is 12.2 Å². The fourth-order valence-corrected chi connectivity index (χ4v) is 4.67. The highest BCUT2D eigenvalue weighted by atomic mass is 127. The molecule has 2 saturated heterocycles. The van der Waals surface area contributed by atoms with Gasteiger partial charge in [-0.1, -0.05) is 22.6 Å². The van der Waals surface area contributed by atoms with Gasteiger partial charge < -0.3 is 24.4 Å². The van der Waals surface area contributed by atoms with E-state index in [0.717, 1.165) is 17.3 Å². The monoisotopic (exact) mass is 632 g/mol. The number of nitrogens with zero attached hydrogens (tertiary/aromatic N) is 2. The van der Waals surface area contributed by atoms with Crippen LogP contribution in [0.3, 0.4) is 0 Å². The molecule has 10 heteroatoms. The Morgan fingerprint density at radius 1 is 0.806 bits per heavy atom. The number of hydrogen-bond acceptors (Lipinski definition) is 5. The predicted octanol–water partition coefficient (Wildman–Crippen LogP) is 6.44. The van der Waals surface area contributed by atoms with E-state index >= 15 is 0 Å². The first kappa shape index (κ1) is 33.1. The van der Waals surface area contributed by atoms with Crippen LogP contribution < -0.4 is 0 Å². The molecule has 1 N–H and O–H groups in total. The van der Waals surface area contributed by atoms with Gasteiger partial charge in [0.05, 0.1) is 13.1 Å². The fraction of sp³-hybridized carbons (Fsp3) is 0.923. The van der Waals surface area contributed by atoms with Gasteiger partial charge in [0.2, 0.25) is 0 Å². The largest absolute Gasteiger partial charge is 0.444 e. The second kappa shape index (κ2) is 14.3. The van der Waals surface area contributed by atoms with Crippen molar-refractivity contribution in [3.63, 3.8) is 0 Å². The van der Waals surface area contributed by atoms with Crippen molar-refractivity contribution in [1.29, 1.82) is 0 Å². The van der Waals surface area contributed by atoms with Crippen molar-refractivity contribution >= 4 is 34.8 Å². The van der Waals surface area contributed by atoms with Crippen molar-refractivity contribution in [2.45, 2.75) is 115 Å². The second-order valence-corrected chi connectivity index (χ2v) is 13.0. The Kier molecular flexibility index (Phi) is 13.2. The van der Waals surface area contributed by atoms with Gasteiger partial charge in [0.25, 0.3) is 0 Å². The molecule has 36 heavy (non-hydrogen) atoms. The minimum absolute atomic E-state index is 0.0891. The first-order valence-electron chi connectivity index (χ1n) is 13.0. The third-order valence-corrected chi connectivity index (χ3v) is 6.72. The maximum atomic E-state index is 14.4. The number of alkyl halides is 3. The van der Waals surface area contributed by atoms with E-state index in [0.29, 0.717) is 51.6 Å². The number of hydrogen-bond donors (Lipinski definition) is 1. The number of amides is 2. The van der Waals surface area contributed by atoms with Crippen LogP contribution in [-0.4, -0.2) is 86.8 Å². The quantitative estimate of drug-likeness (QED) is 0.189. The predicted molar refractivity (Wildman–Crippen MR) is 146 cm³/mol. The van der Waals surface area contributed by atoms with E-state index in [1.54, 1.807) is 20.8 Å². The highest BCUT2D eigenvalue weighted by molar-refractivity contribution is 14.1. The van der Waals surface area contributed by atoms with Crippen molar-refractivity contribution in [3.8, 4) is 0 Å². The van der Waals surface area contributed by atoms with E-state index in [4.69, 9.17) is 14.6 Å². The number of likely N-dealkylation sites (tertiary alicyclic amines) is 2. The number of carbonyl (C=O) groups excluding carboxylic acids is 2. The van der Waals surface area contributed by atoms with Crippen LogP contribution in [0.4, 0.5) is 18.4 Å². The molecule has 0 bridgehead atoms. The number of unbranched alkanes of at least 4 members (excludes halogenated alkanes) is 2. The van der Waals surface area contributed by atoms with Crippen molar-refractivity contribution in [2.75, 3.05) is 37.2 Å². The van der Waals surface area contributed by atoms with Gasteiger partial charge in [0.15, 0.2) is 0 Å². The normalized spacial score (nSPS) is 24.4. The van der Waals surface area contributed by atoms with E-state index in [9.17, 15) is 18.4 Å². The molecule has 0 radical (unpaired) electrons. The standard InChI is InChI=1S/C13H23FINO2.C13H24FNO3/c1-12(2,3)18-11(17)16-9-7-13(14,10-16)6-4-5-8-15;1-12(2,3)18-11(17)15-8-7-13(14,10-15)6-4-5-9-16/h4-10H2,1-3H3;16H,4-10H2,1-3H3. The molecule has 0 aromatic rings. The molecule has 2 rings (SSSR count). The molecule has 2 fully saturated rings. The lowest BCUT2D eigenvalue weighted by atomic mass is 9.98. The van der Waals surface area contributed by atoms with Crippen molar-refractivity contribution in [2.24, 2.45) is 0 Å². The molecule has 2 heterocycles. The van der Waals surface area contributed by atoms with Crippen LogP contribution in [0, 0.1) is 0 Å². The summed E-state index contributed by atoms with van der Waals surface area (Å²) in [5.74, 6) is 0. The molecule has 0 saturated carbocycles. The minimum atomic E-state index is -1.31. The lowest BCUT2D eigenvalue weighted by Gasteiger charge is -2.25. The lowest BCUT2D eigenvalue weighted by molar-refractivity contribution is 0.0245. The van der Waals surface area contributed by atoms with Crippen molar-refractivity contribution < 1.29 is 33.0 Å². The zero-order chi connectivity index (χ0) is 27.6. The summed E-state index contributed by atoms with van der Waals surface area (Å²) in [5.41, 5.74) is -3.58. The molecule has 0 spiro atoms. The summed E-state index contributed by atoms with van der Waals surface area (Å²) in [5, 5.41) is 8.68. The van der Waals surface area contributed by atoms with E-state index in [2.05, 4.69) is 22.6 Å². The van der Waals surface area contributed by atoms with Crippen molar-refractivity contribution in [1.82, 2.24) is 9.80 Å². The molecule has 2 aliphatic heterocycles. The van der Waals surface area contributed by atoms with E-state index < -0.39 is 34.7 Å². The summed E-state index contributed by atoms with van der Waals surface area (Å²) in [7, 11) is 0. The molecule has 2 unspecified atom stereocenters. The number of aliphatic hydroxyl groups excluding tert-OH is 1. The fourth-order valence-electron chi connectivity index (χ4n) is 4.13. The molecule has 2 amide bonds. The van der Waals surface area contributed by atoms with Gasteiger partial charge in [-0.05, 0) is 84.5 Å². The Morgan fingerprint density at radius 2 is 1.19 bits per heavy atom. The average molecular weight is 633 g/mol. The summed E-state index contributed by atoms with van der Waals surface area (Å²) >= 11 is 2.30. The first-order valence-corrected chi connectivity index (χ1v) is 14.5. The highest BCUT2D eigenvalue weighted by Gasteiger charge is 2.42. The molecule has 0 aromatic carbocycles.